The van der Waals surface area contributed by atoms with Crippen molar-refractivity contribution >= 4 is 5.91 Å². The van der Waals surface area contributed by atoms with Crippen LogP contribution in [0.15, 0.2) is 24.3 Å². The zero-order valence-corrected chi connectivity index (χ0v) is 12.3. The first kappa shape index (κ1) is 16.3. The minimum absolute atomic E-state index is 0.0379. The number of carbonyl (C=O) groups excluding carboxylic acids is 1. The van der Waals surface area contributed by atoms with E-state index in [1.54, 1.807) is 24.1 Å². The summed E-state index contributed by atoms with van der Waals surface area (Å²) in [5, 5.41) is 0. The molecule has 1 rings (SSSR count). The molecule has 0 aliphatic rings. The van der Waals surface area contributed by atoms with Gasteiger partial charge < -0.3 is 20.1 Å². The van der Waals surface area contributed by atoms with Crippen LogP contribution in [0.2, 0.25) is 0 Å². The van der Waals surface area contributed by atoms with Gasteiger partial charge in [-0.3, -0.25) is 4.79 Å². The van der Waals surface area contributed by atoms with E-state index in [4.69, 9.17) is 15.2 Å². The highest BCUT2D eigenvalue weighted by Crippen LogP contribution is 2.17. The summed E-state index contributed by atoms with van der Waals surface area (Å²) in [6.45, 7) is 4.03. The minimum Gasteiger partial charge on any atom is -0.494 e. The third-order valence-corrected chi connectivity index (χ3v) is 2.78. The standard InChI is InChI=1S/C15H24N2O3/c1-3-11-19-13-5-7-14(8-6-13)20-12-15(18)17(2)10-4-9-16/h5-8H,3-4,9-12,16H2,1-2H3. The first-order chi connectivity index (χ1) is 9.67. The van der Waals surface area contributed by atoms with Gasteiger partial charge in [-0.05, 0) is 43.7 Å². The van der Waals surface area contributed by atoms with Crippen molar-refractivity contribution in [2.24, 2.45) is 5.73 Å². The molecule has 1 aromatic rings. The Balaban J connectivity index is 2.35. The summed E-state index contributed by atoms with van der Waals surface area (Å²) in [7, 11) is 1.75. The fraction of sp³-hybridized carbons (Fsp3) is 0.533. The Kier molecular flexibility index (Phi) is 7.50. The molecular weight excluding hydrogens is 256 g/mol. The number of hydrogen-bond donors (Lipinski definition) is 1. The van der Waals surface area contributed by atoms with E-state index < -0.39 is 0 Å². The Hall–Kier alpha value is -1.75. The molecule has 5 nitrogen and oxygen atoms in total. The molecule has 1 amide bonds. The molecule has 0 spiro atoms. The monoisotopic (exact) mass is 280 g/mol. The van der Waals surface area contributed by atoms with Gasteiger partial charge in [0.15, 0.2) is 6.61 Å². The molecular formula is C15H24N2O3. The highest BCUT2D eigenvalue weighted by atomic mass is 16.5. The van der Waals surface area contributed by atoms with Gasteiger partial charge in [0, 0.05) is 13.6 Å². The van der Waals surface area contributed by atoms with E-state index in [1.807, 2.05) is 12.1 Å². The van der Waals surface area contributed by atoms with Gasteiger partial charge in [0.25, 0.3) is 5.91 Å². The SMILES string of the molecule is CCCOc1ccc(OCC(=O)N(C)CCCN)cc1. The van der Waals surface area contributed by atoms with Crippen LogP contribution < -0.4 is 15.2 Å². The Labute approximate surface area is 120 Å². The Bertz CT molecular complexity index is 393. The first-order valence-electron chi connectivity index (χ1n) is 6.97. The smallest absolute Gasteiger partial charge is 0.260 e. The summed E-state index contributed by atoms with van der Waals surface area (Å²) in [5.74, 6) is 1.42. The topological polar surface area (TPSA) is 64.8 Å². The Morgan fingerprint density at radius 3 is 2.35 bits per heavy atom. The number of rotatable bonds is 9. The van der Waals surface area contributed by atoms with Gasteiger partial charge in [-0.1, -0.05) is 6.92 Å². The van der Waals surface area contributed by atoms with Crippen LogP contribution in [-0.2, 0) is 4.79 Å². The highest BCUT2D eigenvalue weighted by Gasteiger charge is 2.08. The molecule has 20 heavy (non-hydrogen) atoms. The van der Waals surface area contributed by atoms with Crippen LogP contribution in [0, 0.1) is 0 Å². The fourth-order valence-corrected chi connectivity index (χ4v) is 1.56. The van der Waals surface area contributed by atoms with Crippen molar-refractivity contribution < 1.29 is 14.3 Å². The Morgan fingerprint density at radius 2 is 1.80 bits per heavy atom. The lowest BCUT2D eigenvalue weighted by Gasteiger charge is -2.17. The predicted molar refractivity (Wildman–Crippen MR) is 79.0 cm³/mol. The van der Waals surface area contributed by atoms with Crippen LogP contribution in [0.3, 0.4) is 0 Å². The summed E-state index contributed by atoms with van der Waals surface area (Å²) >= 11 is 0. The van der Waals surface area contributed by atoms with Crippen molar-refractivity contribution in [1.29, 1.82) is 0 Å². The summed E-state index contributed by atoms with van der Waals surface area (Å²) in [5.41, 5.74) is 5.41. The van der Waals surface area contributed by atoms with Gasteiger partial charge in [0.2, 0.25) is 0 Å². The van der Waals surface area contributed by atoms with Crippen LogP contribution in [0.25, 0.3) is 0 Å². The summed E-state index contributed by atoms with van der Waals surface area (Å²) < 4.78 is 10.9. The molecule has 0 aliphatic heterocycles. The van der Waals surface area contributed by atoms with Crippen molar-refractivity contribution in [2.45, 2.75) is 19.8 Å². The van der Waals surface area contributed by atoms with E-state index in [1.165, 1.54) is 0 Å². The molecule has 0 radical (unpaired) electrons. The Morgan fingerprint density at radius 1 is 1.20 bits per heavy atom. The van der Waals surface area contributed by atoms with Crippen molar-refractivity contribution in [3.63, 3.8) is 0 Å². The molecule has 0 bridgehead atoms. The molecule has 0 atom stereocenters. The minimum atomic E-state index is -0.0511. The van der Waals surface area contributed by atoms with Gasteiger partial charge in [0.05, 0.1) is 6.61 Å². The molecule has 0 heterocycles. The number of amides is 1. The second-order valence-electron chi connectivity index (χ2n) is 4.57. The van der Waals surface area contributed by atoms with Gasteiger partial charge in [-0.25, -0.2) is 0 Å². The zero-order valence-electron chi connectivity index (χ0n) is 12.3. The summed E-state index contributed by atoms with van der Waals surface area (Å²) in [6.07, 6.45) is 1.77. The van der Waals surface area contributed by atoms with Crippen LogP contribution >= 0.6 is 0 Å². The maximum absolute atomic E-state index is 11.8. The molecule has 0 aromatic heterocycles. The van der Waals surface area contributed by atoms with Crippen LogP contribution in [0.5, 0.6) is 11.5 Å². The molecule has 0 saturated carbocycles. The average molecular weight is 280 g/mol. The van der Waals surface area contributed by atoms with Crippen molar-refractivity contribution in [2.75, 3.05) is 33.4 Å². The lowest BCUT2D eigenvalue weighted by molar-refractivity contribution is -0.132. The molecule has 0 fully saturated rings. The quantitative estimate of drug-likeness (QED) is 0.747. The maximum Gasteiger partial charge on any atom is 0.260 e. The lowest BCUT2D eigenvalue weighted by Crippen LogP contribution is -2.33. The van der Waals surface area contributed by atoms with Crippen LogP contribution in [0.4, 0.5) is 0 Å². The number of nitrogens with zero attached hydrogens (tertiary/aromatic N) is 1. The highest BCUT2D eigenvalue weighted by molar-refractivity contribution is 5.77. The lowest BCUT2D eigenvalue weighted by atomic mass is 10.3. The van der Waals surface area contributed by atoms with E-state index in [2.05, 4.69) is 6.92 Å². The molecule has 2 N–H and O–H groups in total. The van der Waals surface area contributed by atoms with Gasteiger partial charge >= 0.3 is 0 Å². The zero-order chi connectivity index (χ0) is 14.8. The normalized spacial score (nSPS) is 10.2. The van der Waals surface area contributed by atoms with Gasteiger partial charge in [-0.2, -0.15) is 0 Å². The number of nitrogens with two attached hydrogens (primary N) is 1. The first-order valence-corrected chi connectivity index (χ1v) is 6.97. The third kappa shape index (κ3) is 5.93. The molecule has 0 aliphatic carbocycles. The van der Waals surface area contributed by atoms with Crippen molar-refractivity contribution in [3.8, 4) is 11.5 Å². The fourth-order valence-electron chi connectivity index (χ4n) is 1.56. The van der Waals surface area contributed by atoms with Gasteiger partial charge in [-0.15, -0.1) is 0 Å². The van der Waals surface area contributed by atoms with E-state index in [9.17, 15) is 4.79 Å². The largest absolute Gasteiger partial charge is 0.494 e. The molecule has 0 unspecified atom stereocenters. The molecule has 1 aromatic carbocycles. The summed E-state index contributed by atoms with van der Waals surface area (Å²) in [6, 6.07) is 7.29. The van der Waals surface area contributed by atoms with E-state index in [0.29, 0.717) is 25.4 Å². The van der Waals surface area contributed by atoms with E-state index in [0.717, 1.165) is 18.6 Å². The summed E-state index contributed by atoms with van der Waals surface area (Å²) in [4.78, 5) is 13.4. The van der Waals surface area contributed by atoms with Crippen LogP contribution in [-0.4, -0.2) is 44.2 Å². The molecule has 112 valence electrons. The van der Waals surface area contributed by atoms with Crippen LogP contribution in [0.1, 0.15) is 19.8 Å². The number of likely N-dealkylation sites (N-methyl/N-ethyl adjacent to an activating group) is 1. The molecule has 0 saturated heterocycles. The van der Waals surface area contributed by atoms with Gasteiger partial charge in [0.1, 0.15) is 11.5 Å². The second kappa shape index (κ2) is 9.20. The molecule has 5 heteroatoms. The predicted octanol–water partition coefficient (Wildman–Crippen LogP) is 1.66. The number of hydrogen-bond acceptors (Lipinski definition) is 4. The third-order valence-electron chi connectivity index (χ3n) is 2.78. The maximum atomic E-state index is 11.8. The van der Waals surface area contributed by atoms with Crippen molar-refractivity contribution in [1.82, 2.24) is 4.90 Å². The average Bonchev–Trinajstić information content (AvgIpc) is 2.49. The number of ether oxygens (including phenoxy) is 2. The number of benzene rings is 1. The van der Waals surface area contributed by atoms with E-state index >= 15 is 0 Å². The van der Waals surface area contributed by atoms with Crippen molar-refractivity contribution in [3.05, 3.63) is 24.3 Å². The number of carbonyl (C=O) groups is 1. The van der Waals surface area contributed by atoms with E-state index in [-0.39, 0.29) is 12.5 Å². The second-order valence-corrected chi connectivity index (χ2v) is 4.57.